The molecular formula is C10H9ClN6O2S. The van der Waals surface area contributed by atoms with Crippen LogP contribution in [0.4, 0.5) is 0 Å². The van der Waals surface area contributed by atoms with Crippen molar-refractivity contribution in [2.75, 3.05) is 6.26 Å². The number of sulfone groups is 1. The average molecular weight is 313 g/mol. The van der Waals surface area contributed by atoms with E-state index in [1.54, 1.807) is 6.20 Å². The van der Waals surface area contributed by atoms with Gasteiger partial charge in [-0.05, 0) is 0 Å². The minimum absolute atomic E-state index is 0.208. The van der Waals surface area contributed by atoms with E-state index in [1.807, 2.05) is 4.57 Å². The number of fused-ring (bicyclic) bond motifs is 1. The third-order valence-electron chi connectivity index (χ3n) is 2.70. The summed E-state index contributed by atoms with van der Waals surface area (Å²) in [4.78, 5) is 11.9. The Balaban J connectivity index is 2.03. The Morgan fingerprint density at radius 3 is 2.55 bits per heavy atom. The third kappa shape index (κ3) is 2.25. The molecule has 0 aliphatic carbocycles. The molecule has 0 N–H and O–H groups in total. The Bertz CT molecular complexity index is 783. The van der Waals surface area contributed by atoms with Gasteiger partial charge >= 0.3 is 0 Å². The quantitative estimate of drug-likeness (QED) is 0.592. The highest BCUT2D eigenvalue weighted by Crippen LogP contribution is 2.22. The number of aromatic nitrogens is 4. The summed E-state index contributed by atoms with van der Waals surface area (Å²) in [5, 5.41) is 3.70. The molecule has 0 radical (unpaired) electrons. The molecule has 2 aromatic heterocycles. The minimum Gasteiger partial charge on any atom is -0.301 e. The van der Waals surface area contributed by atoms with Crippen LogP contribution in [0.15, 0.2) is 28.8 Å². The first kappa shape index (κ1) is 13.0. The van der Waals surface area contributed by atoms with E-state index in [-0.39, 0.29) is 5.16 Å². The van der Waals surface area contributed by atoms with Gasteiger partial charge in [0.25, 0.3) is 0 Å². The summed E-state index contributed by atoms with van der Waals surface area (Å²) >= 11 is 5.82. The normalized spacial score (nSPS) is 14.4. The predicted molar refractivity (Wildman–Crippen MR) is 71.6 cm³/mol. The van der Waals surface area contributed by atoms with Gasteiger partial charge in [0.2, 0.25) is 15.0 Å². The van der Waals surface area contributed by atoms with Crippen molar-refractivity contribution in [1.29, 1.82) is 0 Å². The van der Waals surface area contributed by atoms with Crippen LogP contribution in [0.3, 0.4) is 0 Å². The Kier molecular flexibility index (Phi) is 2.94. The van der Waals surface area contributed by atoms with Crippen molar-refractivity contribution < 1.29 is 8.42 Å². The lowest BCUT2D eigenvalue weighted by Gasteiger charge is -2.18. The molecule has 0 fully saturated rings. The number of hydrogen-bond acceptors (Lipinski definition) is 7. The van der Waals surface area contributed by atoms with Crippen LogP contribution in [-0.2, 0) is 16.5 Å². The van der Waals surface area contributed by atoms with E-state index in [0.29, 0.717) is 18.1 Å². The van der Waals surface area contributed by atoms with E-state index < -0.39 is 9.84 Å². The molecule has 0 saturated carbocycles. The molecule has 104 valence electrons. The van der Waals surface area contributed by atoms with Crippen molar-refractivity contribution in [3.63, 3.8) is 0 Å². The molecule has 0 bridgehead atoms. The first-order chi connectivity index (χ1) is 9.45. The maximum Gasteiger partial charge on any atom is 0.246 e. The highest BCUT2D eigenvalue weighted by Gasteiger charge is 2.17. The lowest BCUT2D eigenvalue weighted by Crippen LogP contribution is -2.20. The van der Waals surface area contributed by atoms with Crippen LogP contribution in [0.5, 0.6) is 0 Å². The first-order valence-electron chi connectivity index (χ1n) is 5.50. The van der Waals surface area contributed by atoms with E-state index in [9.17, 15) is 8.42 Å². The smallest absolute Gasteiger partial charge is 0.246 e. The Hall–Kier alpha value is -2.00. The number of halogens is 1. The van der Waals surface area contributed by atoms with Crippen molar-refractivity contribution in [3.8, 4) is 11.3 Å². The molecule has 3 rings (SSSR count). The summed E-state index contributed by atoms with van der Waals surface area (Å²) in [5.74, 6) is 0.657. The molecule has 2 aromatic rings. The average Bonchev–Trinajstić information content (AvgIpc) is 2.81. The zero-order valence-corrected chi connectivity index (χ0v) is 11.9. The summed E-state index contributed by atoms with van der Waals surface area (Å²) in [6.45, 7) is 0.330. The molecule has 0 amide bonds. The molecule has 10 heteroatoms. The monoisotopic (exact) mass is 312 g/mol. The van der Waals surface area contributed by atoms with Gasteiger partial charge < -0.3 is 4.57 Å². The van der Waals surface area contributed by atoms with Crippen molar-refractivity contribution in [2.45, 2.75) is 11.8 Å². The van der Waals surface area contributed by atoms with E-state index in [4.69, 9.17) is 11.8 Å². The van der Waals surface area contributed by atoms with Crippen LogP contribution >= 0.6 is 11.8 Å². The molecule has 0 atom stereocenters. The Labute approximate surface area is 119 Å². The second kappa shape index (κ2) is 4.53. The van der Waals surface area contributed by atoms with Crippen molar-refractivity contribution in [2.24, 2.45) is 5.10 Å². The van der Waals surface area contributed by atoms with Crippen LogP contribution in [0, 0.1) is 0 Å². The van der Waals surface area contributed by atoms with Gasteiger partial charge in [-0.1, -0.05) is 0 Å². The third-order valence-corrected chi connectivity index (χ3v) is 3.77. The van der Waals surface area contributed by atoms with Gasteiger partial charge in [0.1, 0.15) is 6.67 Å². The summed E-state index contributed by atoms with van der Waals surface area (Å²) in [7, 11) is -3.41. The number of hydrogen-bond donors (Lipinski definition) is 0. The molecule has 8 nitrogen and oxygen atoms in total. The van der Waals surface area contributed by atoms with Gasteiger partial charge in [-0.25, -0.2) is 23.4 Å². The topological polar surface area (TPSA) is 93.3 Å². The predicted octanol–water partition coefficient (Wildman–Crippen LogP) is 0.504. The second-order valence-corrected chi connectivity index (χ2v) is 6.48. The molecule has 0 spiro atoms. The molecule has 0 saturated heterocycles. The van der Waals surface area contributed by atoms with E-state index in [0.717, 1.165) is 11.9 Å². The molecule has 0 unspecified atom stereocenters. The Morgan fingerprint density at radius 2 is 1.90 bits per heavy atom. The highest BCUT2D eigenvalue weighted by molar-refractivity contribution is 7.90. The van der Waals surface area contributed by atoms with Crippen LogP contribution < -0.4 is 0 Å². The fraction of sp³-hybridized carbons (Fsp3) is 0.200. The van der Waals surface area contributed by atoms with E-state index >= 15 is 0 Å². The zero-order chi connectivity index (χ0) is 14.3. The van der Waals surface area contributed by atoms with Gasteiger partial charge in [-0.2, -0.15) is 9.63 Å². The summed E-state index contributed by atoms with van der Waals surface area (Å²) in [6, 6.07) is 0. The van der Waals surface area contributed by atoms with E-state index in [2.05, 4.69) is 20.1 Å². The number of nitrogens with zero attached hydrogens (tertiary/aromatic N) is 6. The summed E-state index contributed by atoms with van der Waals surface area (Å²) in [5.41, 5.74) is 1.38. The molecular weight excluding hydrogens is 304 g/mol. The zero-order valence-electron chi connectivity index (χ0n) is 10.3. The van der Waals surface area contributed by atoms with Crippen LogP contribution in [0.1, 0.15) is 5.82 Å². The number of imidazole rings is 1. The molecule has 1 aliphatic rings. The van der Waals surface area contributed by atoms with Crippen molar-refractivity contribution in [3.05, 3.63) is 24.4 Å². The number of hydrazone groups is 1. The van der Waals surface area contributed by atoms with Crippen LogP contribution in [0.25, 0.3) is 11.3 Å². The summed E-state index contributed by atoms with van der Waals surface area (Å²) < 4.78 is 25.7. The van der Waals surface area contributed by atoms with Gasteiger partial charge in [-0.3, -0.25) is 0 Å². The number of rotatable bonds is 2. The standard InChI is InChI=1S/C10H9ClN6O2S/c1-20(18,19)10-13-2-7(3-14-10)8-4-12-9-5-15-17(11)6-16(8)9/h2-5H,6H2,1H3. The van der Waals surface area contributed by atoms with Crippen molar-refractivity contribution in [1.82, 2.24) is 24.0 Å². The second-order valence-electron chi connectivity index (χ2n) is 4.18. The summed E-state index contributed by atoms with van der Waals surface area (Å²) in [6.07, 6.45) is 7.11. The largest absolute Gasteiger partial charge is 0.301 e. The Morgan fingerprint density at radius 1 is 1.20 bits per heavy atom. The first-order valence-corrected chi connectivity index (χ1v) is 7.73. The van der Waals surface area contributed by atoms with Crippen LogP contribution in [0.2, 0.25) is 0 Å². The lowest BCUT2D eigenvalue weighted by atomic mass is 10.2. The molecule has 1 aliphatic heterocycles. The maximum atomic E-state index is 11.3. The van der Waals surface area contributed by atoms with E-state index in [1.165, 1.54) is 23.1 Å². The highest BCUT2D eigenvalue weighted by atomic mass is 35.5. The van der Waals surface area contributed by atoms with Gasteiger partial charge in [0.15, 0.2) is 5.82 Å². The molecule has 3 heterocycles. The van der Waals surface area contributed by atoms with Crippen molar-refractivity contribution >= 4 is 27.8 Å². The van der Waals surface area contributed by atoms with Gasteiger partial charge in [0, 0.05) is 36.0 Å². The SMILES string of the molecule is CS(=O)(=O)c1ncc(-c2cnc3n2CN(Cl)N=C3)cn1. The maximum absolute atomic E-state index is 11.3. The fourth-order valence-electron chi connectivity index (χ4n) is 1.78. The minimum atomic E-state index is -3.41. The van der Waals surface area contributed by atoms with Gasteiger partial charge in [0.05, 0.1) is 18.1 Å². The van der Waals surface area contributed by atoms with Gasteiger partial charge in [-0.15, -0.1) is 0 Å². The molecule has 0 aromatic carbocycles. The van der Waals surface area contributed by atoms with Crippen LogP contribution in [-0.4, -0.2) is 44.9 Å². The molecule has 20 heavy (non-hydrogen) atoms. The fourth-order valence-corrected chi connectivity index (χ4v) is 2.42. The lowest BCUT2D eigenvalue weighted by molar-refractivity contribution is 0.380.